The van der Waals surface area contributed by atoms with Crippen molar-refractivity contribution in [2.75, 3.05) is 6.54 Å². The predicted molar refractivity (Wildman–Crippen MR) is 83.5 cm³/mol. The van der Waals surface area contributed by atoms with Crippen LogP contribution in [0.1, 0.15) is 48.4 Å². The van der Waals surface area contributed by atoms with E-state index in [0.29, 0.717) is 0 Å². The van der Waals surface area contributed by atoms with Crippen molar-refractivity contribution in [1.82, 2.24) is 0 Å². The molecule has 1 heteroatoms. The van der Waals surface area contributed by atoms with Gasteiger partial charge >= 0.3 is 0 Å². The summed E-state index contributed by atoms with van der Waals surface area (Å²) in [6, 6.07) is 4.72. The third-order valence-electron chi connectivity index (χ3n) is 5.07. The number of hydrogen-bond acceptors (Lipinski definition) is 0. The molecule has 3 aliphatic rings. The molecular formula is C19H22N+. The van der Waals surface area contributed by atoms with Crippen LogP contribution in [0.15, 0.2) is 34.9 Å². The molecule has 102 valence electrons. The van der Waals surface area contributed by atoms with Crippen LogP contribution < -0.4 is 0 Å². The Bertz CT molecular complexity index is 714. The molecule has 2 aliphatic heterocycles. The Morgan fingerprint density at radius 1 is 1.00 bits per heavy atom. The SMILES string of the molecule is CC1=CC2=C(CC1)CC[N+]1=C2c2cc(C)cc(C)c2C1. The van der Waals surface area contributed by atoms with Crippen molar-refractivity contribution in [3.05, 3.63) is 57.2 Å². The fourth-order valence-electron chi connectivity index (χ4n) is 4.03. The second kappa shape index (κ2) is 4.18. The first kappa shape index (κ1) is 12.1. The summed E-state index contributed by atoms with van der Waals surface area (Å²) in [7, 11) is 0. The van der Waals surface area contributed by atoms with Crippen molar-refractivity contribution in [1.29, 1.82) is 0 Å². The summed E-state index contributed by atoms with van der Waals surface area (Å²) in [4.78, 5) is 0. The molecule has 0 radical (unpaired) electrons. The number of hydrogen-bond donors (Lipinski definition) is 0. The summed E-state index contributed by atoms with van der Waals surface area (Å²) in [5.41, 5.74) is 12.2. The number of allylic oxidation sites excluding steroid dienone is 3. The van der Waals surface area contributed by atoms with Crippen LogP contribution in [0, 0.1) is 13.8 Å². The fourth-order valence-corrected chi connectivity index (χ4v) is 4.03. The monoisotopic (exact) mass is 264 g/mol. The number of aryl methyl sites for hydroxylation is 2. The Kier molecular flexibility index (Phi) is 2.54. The molecule has 4 rings (SSSR count). The van der Waals surface area contributed by atoms with Gasteiger partial charge in [0.25, 0.3) is 0 Å². The third kappa shape index (κ3) is 1.65. The van der Waals surface area contributed by atoms with Crippen molar-refractivity contribution in [3.8, 4) is 0 Å². The molecule has 0 N–H and O–H groups in total. The number of nitrogens with zero attached hydrogens (tertiary/aromatic N) is 1. The minimum absolute atomic E-state index is 1.11. The van der Waals surface area contributed by atoms with Gasteiger partial charge in [0.05, 0.1) is 5.56 Å². The average molecular weight is 264 g/mol. The van der Waals surface area contributed by atoms with E-state index in [9.17, 15) is 0 Å². The van der Waals surface area contributed by atoms with Crippen LogP contribution in [0.3, 0.4) is 0 Å². The van der Waals surface area contributed by atoms with Gasteiger partial charge in [-0.3, -0.25) is 0 Å². The zero-order chi connectivity index (χ0) is 13.9. The maximum absolute atomic E-state index is 2.60. The quantitative estimate of drug-likeness (QED) is 0.622. The summed E-state index contributed by atoms with van der Waals surface area (Å²) < 4.78 is 2.60. The third-order valence-corrected chi connectivity index (χ3v) is 5.07. The number of rotatable bonds is 0. The molecule has 0 unspecified atom stereocenters. The van der Waals surface area contributed by atoms with Crippen LogP contribution in [0.2, 0.25) is 0 Å². The highest BCUT2D eigenvalue weighted by Crippen LogP contribution is 2.36. The predicted octanol–water partition coefficient (Wildman–Crippen LogP) is 4.06. The fraction of sp³-hybridized carbons (Fsp3) is 0.421. The minimum Gasteiger partial charge on any atom is -0.224 e. The van der Waals surface area contributed by atoms with Crippen molar-refractivity contribution >= 4 is 5.71 Å². The van der Waals surface area contributed by atoms with Crippen LogP contribution in [0.5, 0.6) is 0 Å². The smallest absolute Gasteiger partial charge is 0.215 e. The van der Waals surface area contributed by atoms with Crippen molar-refractivity contribution in [2.45, 2.75) is 46.6 Å². The lowest BCUT2D eigenvalue weighted by Gasteiger charge is -2.21. The highest BCUT2D eigenvalue weighted by molar-refractivity contribution is 6.14. The van der Waals surface area contributed by atoms with Crippen LogP contribution in [-0.4, -0.2) is 16.8 Å². The van der Waals surface area contributed by atoms with Crippen LogP contribution in [0.4, 0.5) is 0 Å². The number of benzene rings is 1. The topological polar surface area (TPSA) is 3.01 Å². The zero-order valence-electron chi connectivity index (χ0n) is 12.7. The van der Waals surface area contributed by atoms with Gasteiger partial charge in [0.2, 0.25) is 5.71 Å². The highest BCUT2D eigenvalue weighted by atomic mass is 15.0. The van der Waals surface area contributed by atoms with Gasteiger partial charge in [-0.1, -0.05) is 11.6 Å². The van der Waals surface area contributed by atoms with Gasteiger partial charge in [0.15, 0.2) is 6.54 Å². The Labute approximate surface area is 121 Å². The summed E-state index contributed by atoms with van der Waals surface area (Å²) in [6.45, 7) is 9.08. The molecule has 1 nitrogen and oxygen atoms in total. The van der Waals surface area contributed by atoms with Crippen molar-refractivity contribution in [2.24, 2.45) is 0 Å². The number of fused-ring (bicyclic) bond motifs is 3. The van der Waals surface area contributed by atoms with Gasteiger partial charge in [0, 0.05) is 17.6 Å². The van der Waals surface area contributed by atoms with E-state index < -0.39 is 0 Å². The normalized spacial score (nSPS) is 20.6. The maximum atomic E-state index is 2.60. The van der Waals surface area contributed by atoms with Gasteiger partial charge in [-0.2, -0.15) is 0 Å². The Hall–Kier alpha value is -1.63. The van der Waals surface area contributed by atoms with Crippen LogP contribution in [0.25, 0.3) is 0 Å². The molecule has 20 heavy (non-hydrogen) atoms. The Morgan fingerprint density at radius 2 is 1.85 bits per heavy atom. The molecule has 1 aromatic carbocycles. The lowest BCUT2D eigenvalue weighted by molar-refractivity contribution is -0.539. The van der Waals surface area contributed by atoms with Gasteiger partial charge in [-0.15, -0.1) is 0 Å². The average Bonchev–Trinajstić information content (AvgIpc) is 2.78. The first-order valence-electron chi connectivity index (χ1n) is 7.75. The Morgan fingerprint density at radius 3 is 2.70 bits per heavy atom. The molecule has 0 saturated heterocycles. The molecule has 0 aromatic heterocycles. The highest BCUT2D eigenvalue weighted by Gasteiger charge is 2.37. The van der Waals surface area contributed by atoms with Gasteiger partial charge in [-0.05, 0) is 62.5 Å². The maximum Gasteiger partial charge on any atom is 0.215 e. The van der Waals surface area contributed by atoms with E-state index in [1.165, 1.54) is 53.8 Å². The molecular weight excluding hydrogens is 242 g/mol. The van der Waals surface area contributed by atoms with Crippen molar-refractivity contribution < 1.29 is 4.58 Å². The van der Waals surface area contributed by atoms with Gasteiger partial charge < -0.3 is 0 Å². The van der Waals surface area contributed by atoms with Crippen LogP contribution >= 0.6 is 0 Å². The minimum atomic E-state index is 1.11. The summed E-state index contributed by atoms with van der Waals surface area (Å²) >= 11 is 0. The van der Waals surface area contributed by atoms with E-state index in [0.717, 1.165) is 6.54 Å². The first-order chi connectivity index (χ1) is 9.63. The zero-order valence-corrected chi connectivity index (χ0v) is 12.7. The molecule has 0 atom stereocenters. The molecule has 0 bridgehead atoms. The molecule has 0 saturated carbocycles. The van der Waals surface area contributed by atoms with E-state index in [2.05, 4.69) is 43.6 Å². The van der Waals surface area contributed by atoms with E-state index in [1.54, 1.807) is 16.7 Å². The second-order valence-electron chi connectivity index (χ2n) is 6.64. The summed E-state index contributed by atoms with van der Waals surface area (Å²) in [5.74, 6) is 0. The Balaban J connectivity index is 1.93. The lowest BCUT2D eigenvalue weighted by atomic mass is 9.84. The molecule has 0 amide bonds. The molecule has 1 aromatic rings. The van der Waals surface area contributed by atoms with Crippen LogP contribution in [-0.2, 0) is 6.54 Å². The van der Waals surface area contributed by atoms with E-state index in [1.807, 2.05) is 0 Å². The molecule has 2 heterocycles. The second-order valence-corrected chi connectivity index (χ2v) is 6.64. The van der Waals surface area contributed by atoms with Gasteiger partial charge in [0.1, 0.15) is 6.54 Å². The van der Waals surface area contributed by atoms with E-state index in [4.69, 9.17) is 0 Å². The van der Waals surface area contributed by atoms with Crippen molar-refractivity contribution in [3.63, 3.8) is 0 Å². The van der Waals surface area contributed by atoms with E-state index in [-0.39, 0.29) is 0 Å². The standard InChI is InChI=1S/C19H22N/c1-12-4-5-15-6-7-20-11-18-14(3)8-13(2)10-17(18)19(20)16(15)9-12/h8-10H,4-7,11H2,1-3H3/q+1. The largest absolute Gasteiger partial charge is 0.224 e. The summed E-state index contributed by atoms with van der Waals surface area (Å²) in [5, 5.41) is 0. The van der Waals surface area contributed by atoms with E-state index >= 15 is 0 Å². The van der Waals surface area contributed by atoms with Gasteiger partial charge in [-0.25, -0.2) is 4.58 Å². The lowest BCUT2D eigenvalue weighted by Crippen LogP contribution is -2.25. The first-order valence-corrected chi connectivity index (χ1v) is 7.75. The molecule has 1 aliphatic carbocycles. The molecule has 0 fully saturated rings. The summed E-state index contributed by atoms with van der Waals surface area (Å²) in [6.07, 6.45) is 6.24. The molecule has 0 spiro atoms.